The molecule has 0 bridgehead atoms. The molecule has 1 atom stereocenters. The van der Waals surface area contributed by atoms with Crippen molar-refractivity contribution in [2.75, 3.05) is 4.72 Å². The molecule has 7 heteroatoms. The molecule has 2 aromatic carbocycles. The van der Waals surface area contributed by atoms with Crippen LogP contribution >= 0.6 is 11.3 Å². The van der Waals surface area contributed by atoms with Crippen molar-refractivity contribution in [3.8, 4) is 0 Å². The van der Waals surface area contributed by atoms with Crippen LogP contribution in [-0.4, -0.2) is 25.3 Å². The van der Waals surface area contributed by atoms with E-state index < -0.39 is 10.0 Å². The molecule has 0 saturated heterocycles. The van der Waals surface area contributed by atoms with Crippen LogP contribution in [0.2, 0.25) is 0 Å². The van der Waals surface area contributed by atoms with E-state index in [1.807, 2.05) is 49.1 Å². The zero-order valence-electron chi connectivity index (χ0n) is 16.4. The van der Waals surface area contributed by atoms with Crippen molar-refractivity contribution in [2.24, 2.45) is 0 Å². The number of benzene rings is 2. The number of carbonyl (C=O) groups is 1. The van der Waals surface area contributed by atoms with E-state index in [0.717, 1.165) is 23.3 Å². The highest BCUT2D eigenvalue weighted by Gasteiger charge is 2.22. The molecule has 3 aromatic rings. The van der Waals surface area contributed by atoms with E-state index in [1.165, 1.54) is 0 Å². The molecule has 0 aliphatic heterocycles. The highest BCUT2D eigenvalue weighted by Crippen LogP contribution is 2.22. The van der Waals surface area contributed by atoms with Crippen LogP contribution in [0.3, 0.4) is 0 Å². The maximum atomic E-state index is 13.2. The lowest BCUT2D eigenvalue weighted by Crippen LogP contribution is -2.37. The van der Waals surface area contributed by atoms with Crippen molar-refractivity contribution in [1.29, 1.82) is 0 Å². The van der Waals surface area contributed by atoms with Crippen molar-refractivity contribution in [2.45, 2.75) is 37.1 Å². The summed E-state index contributed by atoms with van der Waals surface area (Å²) in [5.41, 5.74) is 1.87. The number of rotatable bonds is 8. The lowest BCUT2D eigenvalue weighted by Gasteiger charge is -2.29. The second-order valence-electron chi connectivity index (χ2n) is 6.79. The quantitative estimate of drug-likeness (QED) is 0.550. The zero-order chi connectivity index (χ0) is 20.9. The van der Waals surface area contributed by atoms with Crippen molar-refractivity contribution in [3.05, 3.63) is 83.2 Å². The van der Waals surface area contributed by atoms with E-state index >= 15 is 0 Å². The summed E-state index contributed by atoms with van der Waals surface area (Å²) in [5, 5.41) is 1.71. The number of amides is 1. The molecule has 5 nitrogen and oxygen atoms in total. The Labute approximate surface area is 176 Å². The molecule has 152 valence electrons. The maximum Gasteiger partial charge on any atom is 0.271 e. The first-order valence-corrected chi connectivity index (χ1v) is 11.8. The van der Waals surface area contributed by atoms with Crippen LogP contribution in [-0.2, 0) is 16.6 Å². The Balaban J connectivity index is 1.84. The molecule has 0 spiro atoms. The van der Waals surface area contributed by atoms with Gasteiger partial charge < -0.3 is 4.90 Å². The first-order chi connectivity index (χ1) is 13.9. The summed E-state index contributed by atoms with van der Waals surface area (Å²) < 4.78 is 27.8. The third-order valence-corrected chi connectivity index (χ3v) is 7.48. The normalized spacial score (nSPS) is 12.3. The molecule has 0 radical (unpaired) electrons. The minimum atomic E-state index is -3.66. The first-order valence-electron chi connectivity index (χ1n) is 9.42. The molecule has 0 aliphatic carbocycles. The Morgan fingerprint density at radius 3 is 2.48 bits per heavy atom. The zero-order valence-corrected chi connectivity index (χ0v) is 18.0. The molecule has 3 rings (SSSR count). The fourth-order valence-corrected chi connectivity index (χ4v) is 4.97. The summed E-state index contributed by atoms with van der Waals surface area (Å²) in [4.78, 5) is 15.1. The van der Waals surface area contributed by atoms with Gasteiger partial charge in [0.15, 0.2) is 0 Å². The second kappa shape index (κ2) is 9.24. The van der Waals surface area contributed by atoms with Gasteiger partial charge in [-0.1, -0.05) is 49.4 Å². The molecule has 1 heterocycles. The van der Waals surface area contributed by atoms with Crippen molar-refractivity contribution in [3.63, 3.8) is 0 Å². The highest BCUT2D eigenvalue weighted by molar-refractivity contribution is 7.94. The van der Waals surface area contributed by atoms with E-state index in [4.69, 9.17) is 0 Å². The average molecular weight is 429 g/mol. The SMILES string of the molecule is CCC(C)N(Cc1ccccc1)C(=O)c1cccc(NS(=O)(=O)c2cccs2)c1. The first kappa shape index (κ1) is 21.1. The molecule has 0 fully saturated rings. The third kappa shape index (κ3) is 5.25. The summed E-state index contributed by atoms with van der Waals surface area (Å²) in [6.07, 6.45) is 0.823. The predicted octanol–water partition coefficient (Wildman–Crippen LogP) is 4.99. The number of nitrogens with zero attached hydrogens (tertiary/aromatic N) is 1. The fourth-order valence-electron chi connectivity index (χ4n) is 2.93. The van der Waals surface area contributed by atoms with Gasteiger partial charge in [-0.05, 0) is 48.6 Å². The topological polar surface area (TPSA) is 66.5 Å². The van der Waals surface area contributed by atoms with Gasteiger partial charge in [0.25, 0.3) is 15.9 Å². The number of carbonyl (C=O) groups excluding carboxylic acids is 1. The molecule has 0 aliphatic rings. The van der Waals surface area contributed by atoms with Gasteiger partial charge in [0.1, 0.15) is 4.21 Å². The van der Waals surface area contributed by atoms with Crippen molar-refractivity contribution in [1.82, 2.24) is 4.90 Å². The number of hydrogen-bond donors (Lipinski definition) is 1. The van der Waals surface area contributed by atoms with Crippen LogP contribution in [0.1, 0.15) is 36.2 Å². The number of anilines is 1. The molecule has 1 aromatic heterocycles. The summed E-state index contributed by atoms with van der Waals surface area (Å²) in [7, 11) is -3.66. The van der Waals surface area contributed by atoms with Gasteiger partial charge in [-0.2, -0.15) is 0 Å². The van der Waals surface area contributed by atoms with Crippen LogP contribution in [0, 0.1) is 0 Å². The van der Waals surface area contributed by atoms with Gasteiger partial charge in [0, 0.05) is 23.8 Å². The van der Waals surface area contributed by atoms with E-state index in [1.54, 1.807) is 41.8 Å². The fraction of sp³-hybridized carbons (Fsp3) is 0.227. The second-order valence-corrected chi connectivity index (χ2v) is 9.65. The minimum absolute atomic E-state index is 0.0502. The standard InChI is InChI=1S/C22H24N2O3S2/c1-3-17(2)24(16-18-9-5-4-6-10-18)22(25)19-11-7-12-20(15-19)23-29(26,27)21-13-8-14-28-21/h4-15,17,23H,3,16H2,1-2H3. The number of thiophene rings is 1. The maximum absolute atomic E-state index is 13.2. The van der Waals surface area contributed by atoms with E-state index in [-0.39, 0.29) is 16.2 Å². The number of hydrogen-bond acceptors (Lipinski definition) is 4. The Morgan fingerprint density at radius 1 is 1.07 bits per heavy atom. The molecule has 0 saturated carbocycles. The van der Waals surface area contributed by atoms with Crippen LogP contribution in [0.5, 0.6) is 0 Å². The Morgan fingerprint density at radius 2 is 1.83 bits per heavy atom. The largest absolute Gasteiger partial charge is 0.332 e. The molecule has 1 amide bonds. The van der Waals surface area contributed by atoms with Gasteiger partial charge in [0.05, 0.1) is 0 Å². The van der Waals surface area contributed by atoms with Crippen molar-refractivity contribution >= 4 is 33.0 Å². The van der Waals surface area contributed by atoms with Gasteiger partial charge in [-0.3, -0.25) is 9.52 Å². The van der Waals surface area contributed by atoms with Crippen LogP contribution in [0.15, 0.2) is 76.3 Å². The van der Waals surface area contributed by atoms with Gasteiger partial charge in [-0.15, -0.1) is 11.3 Å². The average Bonchev–Trinajstić information content (AvgIpc) is 3.28. The number of nitrogens with one attached hydrogen (secondary N) is 1. The number of sulfonamides is 1. The molecular formula is C22H24N2O3S2. The van der Waals surface area contributed by atoms with Crippen LogP contribution in [0.4, 0.5) is 5.69 Å². The van der Waals surface area contributed by atoms with Gasteiger partial charge in [-0.25, -0.2) is 8.42 Å². The molecule has 1 unspecified atom stereocenters. The van der Waals surface area contributed by atoms with E-state index in [0.29, 0.717) is 17.8 Å². The lowest BCUT2D eigenvalue weighted by atomic mass is 10.1. The predicted molar refractivity (Wildman–Crippen MR) is 118 cm³/mol. The Hall–Kier alpha value is -2.64. The molecule has 29 heavy (non-hydrogen) atoms. The van der Waals surface area contributed by atoms with Crippen LogP contribution < -0.4 is 4.72 Å². The van der Waals surface area contributed by atoms with E-state index in [2.05, 4.69) is 4.72 Å². The van der Waals surface area contributed by atoms with Gasteiger partial charge >= 0.3 is 0 Å². The molecular weight excluding hydrogens is 404 g/mol. The summed E-state index contributed by atoms with van der Waals surface area (Å²) in [6, 6.07) is 19.8. The smallest absolute Gasteiger partial charge is 0.271 e. The monoisotopic (exact) mass is 428 g/mol. The van der Waals surface area contributed by atoms with E-state index in [9.17, 15) is 13.2 Å². The van der Waals surface area contributed by atoms with Crippen LogP contribution in [0.25, 0.3) is 0 Å². The third-order valence-electron chi connectivity index (χ3n) is 4.70. The summed E-state index contributed by atoms with van der Waals surface area (Å²) in [6.45, 7) is 4.56. The summed E-state index contributed by atoms with van der Waals surface area (Å²) in [5.74, 6) is -0.125. The lowest BCUT2D eigenvalue weighted by molar-refractivity contribution is 0.0671. The highest BCUT2D eigenvalue weighted by atomic mass is 32.2. The summed E-state index contributed by atoms with van der Waals surface area (Å²) >= 11 is 1.15. The van der Waals surface area contributed by atoms with Crippen molar-refractivity contribution < 1.29 is 13.2 Å². The Kier molecular flexibility index (Phi) is 6.71. The van der Waals surface area contributed by atoms with Gasteiger partial charge in [0.2, 0.25) is 0 Å². The Bertz CT molecular complexity index is 1050. The molecule has 1 N–H and O–H groups in total. The minimum Gasteiger partial charge on any atom is -0.332 e.